The van der Waals surface area contributed by atoms with Gasteiger partial charge < -0.3 is 20.5 Å². The zero-order valence-corrected chi connectivity index (χ0v) is 10.5. The van der Waals surface area contributed by atoms with Crippen LogP contribution in [-0.2, 0) is 4.79 Å². The number of benzene rings is 1. The lowest BCUT2D eigenvalue weighted by Crippen LogP contribution is -2.42. The number of rotatable bonds is 5. The molecule has 1 aromatic carbocycles. The normalized spacial score (nSPS) is 11.5. The van der Waals surface area contributed by atoms with E-state index in [1.165, 1.54) is 27.2 Å². The van der Waals surface area contributed by atoms with E-state index >= 15 is 0 Å². The van der Waals surface area contributed by atoms with Crippen LogP contribution in [-0.4, -0.2) is 32.1 Å². The summed E-state index contributed by atoms with van der Waals surface area (Å²) in [5.41, 5.74) is 5.36. The van der Waals surface area contributed by atoms with Crippen LogP contribution in [0.15, 0.2) is 18.2 Å². The SMILES string of the molecule is COc1ccc(OC)c(C(=O)NC(C)C(N)=O)c1. The monoisotopic (exact) mass is 252 g/mol. The van der Waals surface area contributed by atoms with Crippen molar-refractivity contribution in [2.75, 3.05) is 14.2 Å². The van der Waals surface area contributed by atoms with Gasteiger partial charge in [0.05, 0.1) is 19.8 Å². The fraction of sp³-hybridized carbons (Fsp3) is 0.333. The minimum atomic E-state index is -0.756. The smallest absolute Gasteiger partial charge is 0.255 e. The summed E-state index contributed by atoms with van der Waals surface area (Å²) in [4.78, 5) is 22.8. The fourth-order valence-electron chi connectivity index (χ4n) is 1.34. The second kappa shape index (κ2) is 5.90. The van der Waals surface area contributed by atoms with Gasteiger partial charge in [0, 0.05) is 0 Å². The van der Waals surface area contributed by atoms with Crippen molar-refractivity contribution in [3.8, 4) is 11.5 Å². The van der Waals surface area contributed by atoms with E-state index < -0.39 is 17.9 Å². The van der Waals surface area contributed by atoms with Crippen LogP contribution in [0.3, 0.4) is 0 Å². The van der Waals surface area contributed by atoms with Crippen molar-refractivity contribution < 1.29 is 19.1 Å². The van der Waals surface area contributed by atoms with Crippen LogP contribution in [0, 0.1) is 0 Å². The first-order valence-electron chi connectivity index (χ1n) is 5.31. The summed E-state index contributed by atoms with van der Waals surface area (Å²) in [7, 11) is 2.95. The summed E-state index contributed by atoms with van der Waals surface area (Å²) in [6, 6.07) is 4.06. The minimum absolute atomic E-state index is 0.282. The van der Waals surface area contributed by atoms with E-state index in [4.69, 9.17) is 15.2 Å². The molecule has 0 radical (unpaired) electrons. The van der Waals surface area contributed by atoms with E-state index in [-0.39, 0.29) is 5.56 Å². The molecular formula is C12H16N2O4. The van der Waals surface area contributed by atoms with Crippen molar-refractivity contribution >= 4 is 11.8 Å². The van der Waals surface area contributed by atoms with Gasteiger partial charge in [0.15, 0.2) is 0 Å². The molecule has 2 amide bonds. The zero-order valence-electron chi connectivity index (χ0n) is 10.5. The molecule has 0 aliphatic carbocycles. The predicted octanol–water partition coefficient (Wildman–Crippen LogP) is 0.307. The molecule has 3 N–H and O–H groups in total. The maximum absolute atomic E-state index is 12.0. The molecule has 1 rings (SSSR count). The maximum atomic E-state index is 12.0. The molecule has 18 heavy (non-hydrogen) atoms. The van der Waals surface area contributed by atoms with Gasteiger partial charge in [-0.2, -0.15) is 0 Å². The fourth-order valence-corrected chi connectivity index (χ4v) is 1.34. The highest BCUT2D eigenvalue weighted by molar-refractivity contribution is 5.99. The summed E-state index contributed by atoms with van der Waals surface area (Å²) in [6.07, 6.45) is 0. The Bertz CT molecular complexity index is 459. The van der Waals surface area contributed by atoms with Gasteiger partial charge in [-0.15, -0.1) is 0 Å². The van der Waals surface area contributed by atoms with Gasteiger partial charge in [0.2, 0.25) is 5.91 Å². The van der Waals surface area contributed by atoms with Gasteiger partial charge in [0.25, 0.3) is 5.91 Å². The molecule has 0 bridgehead atoms. The zero-order chi connectivity index (χ0) is 13.7. The predicted molar refractivity (Wildman–Crippen MR) is 65.7 cm³/mol. The van der Waals surface area contributed by atoms with Crippen LogP contribution in [0.4, 0.5) is 0 Å². The molecule has 0 fully saturated rings. The number of hydrogen-bond acceptors (Lipinski definition) is 4. The Morgan fingerprint density at radius 3 is 2.44 bits per heavy atom. The lowest BCUT2D eigenvalue weighted by molar-refractivity contribution is -0.119. The molecular weight excluding hydrogens is 236 g/mol. The molecule has 1 unspecified atom stereocenters. The van der Waals surface area contributed by atoms with Crippen molar-refractivity contribution in [3.63, 3.8) is 0 Å². The van der Waals surface area contributed by atoms with Gasteiger partial charge in [-0.3, -0.25) is 9.59 Å². The van der Waals surface area contributed by atoms with E-state index in [1.807, 2.05) is 0 Å². The number of carbonyl (C=O) groups is 2. The minimum Gasteiger partial charge on any atom is -0.497 e. The largest absolute Gasteiger partial charge is 0.497 e. The third-order valence-electron chi connectivity index (χ3n) is 2.43. The average molecular weight is 252 g/mol. The van der Waals surface area contributed by atoms with Gasteiger partial charge in [-0.05, 0) is 25.1 Å². The molecule has 0 spiro atoms. The number of nitrogens with one attached hydrogen (secondary N) is 1. The topological polar surface area (TPSA) is 90.7 Å². The molecule has 1 aromatic rings. The van der Waals surface area contributed by atoms with Gasteiger partial charge in [-0.1, -0.05) is 0 Å². The van der Waals surface area contributed by atoms with Crippen molar-refractivity contribution in [1.82, 2.24) is 5.32 Å². The molecule has 0 heterocycles. The number of amides is 2. The van der Waals surface area contributed by atoms with Gasteiger partial charge in [0.1, 0.15) is 17.5 Å². The highest BCUT2D eigenvalue weighted by atomic mass is 16.5. The summed E-state index contributed by atoms with van der Waals surface area (Å²) < 4.78 is 10.1. The molecule has 0 aromatic heterocycles. The first kappa shape index (κ1) is 13.8. The maximum Gasteiger partial charge on any atom is 0.255 e. The molecule has 0 aliphatic heterocycles. The molecule has 6 nitrogen and oxygen atoms in total. The second-order valence-electron chi connectivity index (χ2n) is 3.66. The first-order chi connectivity index (χ1) is 8.49. The lowest BCUT2D eigenvalue weighted by Gasteiger charge is -2.13. The third-order valence-corrected chi connectivity index (χ3v) is 2.43. The van der Waals surface area contributed by atoms with Crippen molar-refractivity contribution in [1.29, 1.82) is 0 Å². The lowest BCUT2D eigenvalue weighted by atomic mass is 10.1. The van der Waals surface area contributed by atoms with E-state index in [9.17, 15) is 9.59 Å². The van der Waals surface area contributed by atoms with Gasteiger partial charge >= 0.3 is 0 Å². The summed E-state index contributed by atoms with van der Waals surface area (Å²) in [5, 5.41) is 2.47. The Labute approximate surface area is 105 Å². The number of carbonyl (C=O) groups excluding carboxylic acids is 2. The summed E-state index contributed by atoms with van der Waals surface area (Å²) in [6.45, 7) is 1.51. The van der Waals surface area contributed by atoms with E-state index in [1.54, 1.807) is 12.1 Å². The Hall–Kier alpha value is -2.24. The van der Waals surface area contributed by atoms with Crippen molar-refractivity contribution in [2.45, 2.75) is 13.0 Å². The molecule has 0 saturated carbocycles. The number of hydrogen-bond donors (Lipinski definition) is 2. The quantitative estimate of drug-likeness (QED) is 0.789. The van der Waals surface area contributed by atoms with E-state index in [0.29, 0.717) is 11.5 Å². The summed E-state index contributed by atoms with van der Waals surface area (Å²) >= 11 is 0. The molecule has 98 valence electrons. The highest BCUT2D eigenvalue weighted by Gasteiger charge is 2.17. The van der Waals surface area contributed by atoms with Crippen LogP contribution < -0.4 is 20.5 Å². The standard InChI is InChI=1S/C12H16N2O4/c1-7(11(13)15)14-12(16)9-6-8(17-2)4-5-10(9)18-3/h4-7H,1-3H3,(H2,13,15)(H,14,16). The molecule has 6 heteroatoms. The van der Waals surface area contributed by atoms with Crippen molar-refractivity contribution in [2.24, 2.45) is 5.73 Å². The first-order valence-corrected chi connectivity index (χ1v) is 5.31. The van der Waals surface area contributed by atoms with Gasteiger partial charge in [-0.25, -0.2) is 0 Å². The third kappa shape index (κ3) is 3.13. The van der Waals surface area contributed by atoms with Crippen LogP contribution in [0.1, 0.15) is 17.3 Å². The van der Waals surface area contributed by atoms with E-state index in [2.05, 4.69) is 5.32 Å². The molecule has 0 saturated heterocycles. The number of primary amides is 1. The summed E-state index contributed by atoms with van der Waals surface area (Å²) in [5.74, 6) is -0.139. The number of ether oxygens (including phenoxy) is 2. The van der Waals surface area contributed by atoms with Crippen LogP contribution in [0.25, 0.3) is 0 Å². The second-order valence-corrected chi connectivity index (χ2v) is 3.66. The Morgan fingerprint density at radius 1 is 1.28 bits per heavy atom. The van der Waals surface area contributed by atoms with Crippen LogP contribution >= 0.6 is 0 Å². The average Bonchev–Trinajstić information content (AvgIpc) is 2.37. The molecule has 1 atom stereocenters. The number of methoxy groups -OCH3 is 2. The highest BCUT2D eigenvalue weighted by Crippen LogP contribution is 2.23. The molecule has 0 aliphatic rings. The Balaban J connectivity index is 2.99. The Kier molecular flexibility index (Phi) is 4.53. The Morgan fingerprint density at radius 2 is 1.94 bits per heavy atom. The number of nitrogens with two attached hydrogens (primary N) is 1. The van der Waals surface area contributed by atoms with E-state index in [0.717, 1.165) is 0 Å². The van der Waals surface area contributed by atoms with Crippen molar-refractivity contribution in [3.05, 3.63) is 23.8 Å². The van der Waals surface area contributed by atoms with Crippen LogP contribution in [0.5, 0.6) is 11.5 Å². The van der Waals surface area contributed by atoms with Crippen LogP contribution in [0.2, 0.25) is 0 Å².